The van der Waals surface area contributed by atoms with E-state index in [1.807, 2.05) is 13.8 Å². The topological polar surface area (TPSA) is 86.3 Å². The Morgan fingerprint density at radius 1 is 1.17 bits per heavy atom. The number of sulfonamides is 1. The Morgan fingerprint density at radius 3 is 2.50 bits per heavy atom. The molecule has 1 heterocycles. The molecule has 0 spiro atoms. The minimum Gasteiger partial charge on any atom is -0.379 e. The molecule has 1 saturated heterocycles. The summed E-state index contributed by atoms with van der Waals surface area (Å²) in [4.78, 5) is 7.16. The van der Waals surface area contributed by atoms with Gasteiger partial charge in [0, 0.05) is 45.8 Å². The molecule has 2 N–H and O–H groups in total. The van der Waals surface area contributed by atoms with Crippen molar-refractivity contribution in [1.29, 1.82) is 0 Å². The van der Waals surface area contributed by atoms with Gasteiger partial charge in [0.1, 0.15) is 0 Å². The normalized spacial score (nSPS) is 16.1. The van der Waals surface area contributed by atoms with E-state index in [-0.39, 0.29) is 0 Å². The Balaban J connectivity index is 1.91. The van der Waals surface area contributed by atoms with Crippen molar-refractivity contribution >= 4 is 16.0 Å². The third-order valence-corrected chi connectivity index (χ3v) is 6.45. The molecule has 1 aliphatic rings. The number of nitrogens with zero attached hydrogens (tertiary/aromatic N) is 3. The Hall–Kier alpha value is -1.68. The summed E-state index contributed by atoms with van der Waals surface area (Å²) >= 11 is 0. The summed E-state index contributed by atoms with van der Waals surface area (Å²) in [5, 5.41) is 6.58. The average Bonchev–Trinajstić information content (AvgIpc) is 2.72. The van der Waals surface area contributed by atoms with Crippen LogP contribution >= 0.6 is 0 Å². The number of morpholine rings is 1. The van der Waals surface area contributed by atoms with E-state index in [9.17, 15) is 8.42 Å². The van der Waals surface area contributed by atoms with Gasteiger partial charge >= 0.3 is 0 Å². The summed E-state index contributed by atoms with van der Waals surface area (Å²) in [6, 6.07) is 8.44. The van der Waals surface area contributed by atoms with Crippen molar-refractivity contribution in [3.05, 3.63) is 35.4 Å². The lowest BCUT2D eigenvalue weighted by molar-refractivity contribution is 0.0341. The van der Waals surface area contributed by atoms with Crippen LogP contribution in [0, 0.1) is 0 Å². The molecule has 0 atom stereocenters. The SMILES string of the molecule is CCNC(=NCc1ccccc1CN1CCOCC1)NCCCN(CC)S(C)(=O)=O. The largest absolute Gasteiger partial charge is 0.379 e. The molecular weight excluding hydrogens is 402 g/mol. The Morgan fingerprint density at radius 2 is 1.87 bits per heavy atom. The highest BCUT2D eigenvalue weighted by atomic mass is 32.2. The zero-order chi connectivity index (χ0) is 21.8. The highest BCUT2D eigenvalue weighted by Crippen LogP contribution is 2.14. The lowest BCUT2D eigenvalue weighted by Crippen LogP contribution is -2.39. The molecule has 2 rings (SSSR count). The maximum atomic E-state index is 11.7. The zero-order valence-corrected chi connectivity index (χ0v) is 19.4. The molecule has 0 aliphatic carbocycles. The standard InChI is InChI=1S/C21H37N5O3S/c1-4-22-21(23-11-8-12-26(5-2)30(3,27)28)24-17-19-9-6-7-10-20(19)18-25-13-15-29-16-14-25/h6-7,9-10H,4-5,8,11-18H2,1-3H3,(H2,22,23,24). The van der Waals surface area contributed by atoms with Gasteiger partial charge in [0.05, 0.1) is 26.0 Å². The number of nitrogens with one attached hydrogen (secondary N) is 2. The van der Waals surface area contributed by atoms with Crippen LogP contribution in [0.5, 0.6) is 0 Å². The number of guanidine groups is 1. The van der Waals surface area contributed by atoms with Gasteiger partial charge in [-0.05, 0) is 24.5 Å². The first kappa shape index (κ1) is 24.6. The summed E-state index contributed by atoms with van der Waals surface area (Å²) in [6.07, 6.45) is 1.97. The molecule has 0 amide bonds. The first-order valence-corrected chi connectivity index (χ1v) is 12.6. The summed E-state index contributed by atoms with van der Waals surface area (Å²) in [5.41, 5.74) is 2.51. The summed E-state index contributed by atoms with van der Waals surface area (Å²) in [6.45, 7) is 11.3. The van der Waals surface area contributed by atoms with E-state index in [0.29, 0.717) is 26.2 Å². The maximum Gasteiger partial charge on any atom is 0.211 e. The summed E-state index contributed by atoms with van der Waals surface area (Å²) in [7, 11) is -3.14. The van der Waals surface area contributed by atoms with E-state index in [1.165, 1.54) is 21.7 Å². The highest BCUT2D eigenvalue weighted by Gasteiger charge is 2.14. The van der Waals surface area contributed by atoms with E-state index >= 15 is 0 Å². The second-order valence-electron chi connectivity index (χ2n) is 7.39. The molecule has 0 bridgehead atoms. The smallest absolute Gasteiger partial charge is 0.211 e. The molecule has 8 nitrogen and oxygen atoms in total. The average molecular weight is 440 g/mol. The van der Waals surface area contributed by atoms with Crippen molar-refractivity contribution in [3.8, 4) is 0 Å². The fraction of sp³-hybridized carbons (Fsp3) is 0.667. The second kappa shape index (κ2) is 12.9. The van der Waals surface area contributed by atoms with Gasteiger partial charge in [0.25, 0.3) is 0 Å². The second-order valence-corrected chi connectivity index (χ2v) is 9.37. The number of hydrogen-bond acceptors (Lipinski definition) is 5. The zero-order valence-electron chi connectivity index (χ0n) is 18.6. The van der Waals surface area contributed by atoms with Crippen LogP contribution in [-0.2, 0) is 27.8 Å². The lowest BCUT2D eigenvalue weighted by atomic mass is 10.1. The van der Waals surface area contributed by atoms with Gasteiger partial charge in [0.15, 0.2) is 5.96 Å². The number of aliphatic imine (C=N–C) groups is 1. The molecule has 30 heavy (non-hydrogen) atoms. The molecule has 1 aromatic rings. The minimum atomic E-state index is -3.14. The fourth-order valence-corrected chi connectivity index (χ4v) is 4.32. The lowest BCUT2D eigenvalue weighted by Gasteiger charge is -2.27. The number of ether oxygens (including phenoxy) is 1. The Kier molecular flexibility index (Phi) is 10.6. The molecule has 9 heteroatoms. The van der Waals surface area contributed by atoms with Crippen LogP contribution < -0.4 is 10.6 Å². The van der Waals surface area contributed by atoms with Crippen molar-refractivity contribution in [3.63, 3.8) is 0 Å². The van der Waals surface area contributed by atoms with Crippen LogP contribution in [0.3, 0.4) is 0 Å². The van der Waals surface area contributed by atoms with Crippen LogP contribution in [-0.4, -0.2) is 82.3 Å². The van der Waals surface area contributed by atoms with Crippen LogP contribution in [0.25, 0.3) is 0 Å². The molecule has 1 aliphatic heterocycles. The third-order valence-electron chi connectivity index (χ3n) is 5.07. The van der Waals surface area contributed by atoms with Gasteiger partial charge in [0.2, 0.25) is 10.0 Å². The molecule has 0 saturated carbocycles. The molecule has 0 unspecified atom stereocenters. The molecule has 0 radical (unpaired) electrons. The highest BCUT2D eigenvalue weighted by molar-refractivity contribution is 7.88. The van der Waals surface area contributed by atoms with Crippen LogP contribution in [0.1, 0.15) is 31.4 Å². The summed E-state index contributed by atoms with van der Waals surface area (Å²) in [5.74, 6) is 0.751. The van der Waals surface area contributed by atoms with Crippen molar-refractivity contribution in [1.82, 2.24) is 19.8 Å². The predicted octanol–water partition coefficient (Wildman–Crippen LogP) is 1.25. The summed E-state index contributed by atoms with van der Waals surface area (Å²) < 4.78 is 30.3. The quantitative estimate of drug-likeness (QED) is 0.307. The van der Waals surface area contributed by atoms with Gasteiger partial charge in [-0.3, -0.25) is 4.90 Å². The molecule has 0 aromatic heterocycles. The maximum absolute atomic E-state index is 11.7. The van der Waals surface area contributed by atoms with E-state index in [0.717, 1.165) is 51.8 Å². The molecule has 1 fully saturated rings. The van der Waals surface area contributed by atoms with E-state index in [4.69, 9.17) is 9.73 Å². The van der Waals surface area contributed by atoms with Gasteiger partial charge < -0.3 is 15.4 Å². The first-order valence-electron chi connectivity index (χ1n) is 10.8. The Labute approximate surface area is 181 Å². The van der Waals surface area contributed by atoms with Crippen molar-refractivity contribution in [2.45, 2.75) is 33.4 Å². The minimum absolute atomic E-state index is 0.493. The van der Waals surface area contributed by atoms with E-state index < -0.39 is 10.0 Å². The van der Waals surface area contributed by atoms with Gasteiger partial charge in [-0.1, -0.05) is 31.2 Å². The molecule has 170 valence electrons. The van der Waals surface area contributed by atoms with Gasteiger partial charge in [-0.15, -0.1) is 0 Å². The monoisotopic (exact) mass is 439 g/mol. The number of hydrogen-bond donors (Lipinski definition) is 2. The number of rotatable bonds is 11. The molecule has 1 aromatic carbocycles. The van der Waals surface area contributed by atoms with E-state index in [1.54, 1.807) is 0 Å². The van der Waals surface area contributed by atoms with Gasteiger partial charge in [-0.2, -0.15) is 0 Å². The number of benzene rings is 1. The third kappa shape index (κ3) is 8.59. The molecular formula is C21H37N5O3S. The van der Waals surface area contributed by atoms with Crippen LogP contribution in [0.4, 0.5) is 0 Å². The van der Waals surface area contributed by atoms with Crippen LogP contribution in [0.15, 0.2) is 29.3 Å². The van der Waals surface area contributed by atoms with Crippen molar-refractivity contribution < 1.29 is 13.2 Å². The van der Waals surface area contributed by atoms with Gasteiger partial charge in [-0.25, -0.2) is 17.7 Å². The van der Waals surface area contributed by atoms with Crippen molar-refractivity contribution in [2.75, 3.05) is 58.7 Å². The predicted molar refractivity (Wildman–Crippen MR) is 122 cm³/mol. The fourth-order valence-electron chi connectivity index (χ4n) is 3.39. The van der Waals surface area contributed by atoms with E-state index in [2.05, 4.69) is 39.8 Å². The van der Waals surface area contributed by atoms with Crippen molar-refractivity contribution in [2.24, 2.45) is 4.99 Å². The first-order chi connectivity index (χ1) is 14.4. The Bertz CT molecular complexity index is 764. The van der Waals surface area contributed by atoms with Crippen LogP contribution in [0.2, 0.25) is 0 Å².